The van der Waals surface area contributed by atoms with Gasteiger partial charge in [-0.25, -0.2) is 4.98 Å². The molecule has 1 heterocycles. The lowest BCUT2D eigenvalue weighted by Crippen LogP contribution is -2.22. The molecule has 0 unspecified atom stereocenters. The van der Waals surface area contributed by atoms with Gasteiger partial charge in [-0.15, -0.1) is 0 Å². The maximum absolute atomic E-state index is 12.1. The molecule has 0 aliphatic rings. The van der Waals surface area contributed by atoms with Crippen molar-refractivity contribution < 1.29 is 13.2 Å². The standard InChI is InChI=1S/C8H12F3N3/c1-2-6(12)7-3-13-5-14(7)4-8(9,10)11/h3,5-6H,2,4,12H2,1H3/t6-/m1/s1. The molecule has 0 aliphatic heterocycles. The minimum Gasteiger partial charge on any atom is -0.324 e. The highest BCUT2D eigenvalue weighted by Crippen LogP contribution is 2.21. The molecule has 3 nitrogen and oxygen atoms in total. The van der Waals surface area contributed by atoms with Gasteiger partial charge in [0.2, 0.25) is 0 Å². The first-order chi connectivity index (χ1) is 6.44. The van der Waals surface area contributed by atoms with Crippen LogP contribution in [-0.4, -0.2) is 15.7 Å². The van der Waals surface area contributed by atoms with Crippen LogP contribution in [0.15, 0.2) is 12.5 Å². The lowest BCUT2D eigenvalue weighted by Gasteiger charge is -2.14. The van der Waals surface area contributed by atoms with Crippen LogP contribution in [0.3, 0.4) is 0 Å². The summed E-state index contributed by atoms with van der Waals surface area (Å²) in [5, 5.41) is 0. The first kappa shape index (κ1) is 11.0. The van der Waals surface area contributed by atoms with Gasteiger partial charge < -0.3 is 10.3 Å². The number of hydrogen-bond acceptors (Lipinski definition) is 2. The molecule has 0 saturated heterocycles. The van der Waals surface area contributed by atoms with Crippen molar-refractivity contribution in [3.05, 3.63) is 18.2 Å². The summed E-state index contributed by atoms with van der Waals surface area (Å²) in [5.74, 6) is 0. The van der Waals surface area contributed by atoms with Gasteiger partial charge in [0, 0.05) is 12.2 Å². The van der Waals surface area contributed by atoms with Crippen LogP contribution in [0.4, 0.5) is 13.2 Å². The van der Waals surface area contributed by atoms with Gasteiger partial charge in [0.25, 0.3) is 0 Å². The van der Waals surface area contributed by atoms with E-state index in [0.717, 1.165) is 10.9 Å². The third-order valence-electron chi connectivity index (χ3n) is 1.91. The minimum atomic E-state index is -4.23. The van der Waals surface area contributed by atoms with E-state index in [1.807, 2.05) is 6.92 Å². The van der Waals surface area contributed by atoms with Gasteiger partial charge in [0.1, 0.15) is 6.54 Å². The van der Waals surface area contributed by atoms with Gasteiger partial charge >= 0.3 is 6.18 Å². The Morgan fingerprint density at radius 3 is 2.71 bits per heavy atom. The number of imidazole rings is 1. The van der Waals surface area contributed by atoms with E-state index < -0.39 is 12.7 Å². The van der Waals surface area contributed by atoms with E-state index in [1.165, 1.54) is 6.20 Å². The van der Waals surface area contributed by atoms with Gasteiger partial charge in [0.05, 0.1) is 12.0 Å². The van der Waals surface area contributed by atoms with Gasteiger partial charge in [-0.05, 0) is 6.42 Å². The molecular formula is C8H12F3N3. The van der Waals surface area contributed by atoms with E-state index in [4.69, 9.17) is 5.73 Å². The second-order valence-corrected chi connectivity index (χ2v) is 3.08. The fourth-order valence-corrected chi connectivity index (χ4v) is 1.17. The fourth-order valence-electron chi connectivity index (χ4n) is 1.17. The molecule has 14 heavy (non-hydrogen) atoms. The number of halogens is 3. The number of hydrogen-bond donors (Lipinski definition) is 1. The van der Waals surface area contributed by atoms with Gasteiger partial charge in [-0.1, -0.05) is 6.92 Å². The number of nitrogens with zero attached hydrogens (tertiary/aromatic N) is 2. The zero-order valence-electron chi connectivity index (χ0n) is 7.75. The van der Waals surface area contributed by atoms with Gasteiger partial charge in [-0.2, -0.15) is 13.2 Å². The van der Waals surface area contributed by atoms with E-state index in [9.17, 15) is 13.2 Å². The van der Waals surface area contributed by atoms with Crippen molar-refractivity contribution in [2.45, 2.75) is 32.1 Å². The van der Waals surface area contributed by atoms with Crippen molar-refractivity contribution >= 4 is 0 Å². The Bertz CT molecular complexity index is 292. The first-order valence-corrected chi connectivity index (χ1v) is 4.26. The lowest BCUT2D eigenvalue weighted by molar-refractivity contribution is -0.141. The van der Waals surface area contributed by atoms with Crippen molar-refractivity contribution in [3.8, 4) is 0 Å². The SMILES string of the molecule is CC[C@@H](N)c1cncn1CC(F)(F)F. The normalized spacial score (nSPS) is 14.4. The van der Waals surface area contributed by atoms with Crippen LogP contribution in [0, 0.1) is 0 Å². The van der Waals surface area contributed by atoms with Crippen LogP contribution in [-0.2, 0) is 6.54 Å². The first-order valence-electron chi connectivity index (χ1n) is 4.26. The van der Waals surface area contributed by atoms with E-state index in [0.29, 0.717) is 12.1 Å². The Hall–Kier alpha value is -1.04. The van der Waals surface area contributed by atoms with Gasteiger partial charge in [-0.3, -0.25) is 0 Å². The molecule has 0 saturated carbocycles. The molecule has 0 bridgehead atoms. The molecule has 1 aromatic rings. The largest absolute Gasteiger partial charge is 0.406 e. The molecule has 0 aliphatic carbocycles. The van der Waals surface area contributed by atoms with Crippen LogP contribution in [0.5, 0.6) is 0 Å². The van der Waals surface area contributed by atoms with Crippen molar-refractivity contribution in [2.75, 3.05) is 0 Å². The number of nitrogens with two attached hydrogens (primary N) is 1. The molecule has 0 fully saturated rings. The molecule has 80 valence electrons. The van der Waals surface area contributed by atoms with Crippen LogP contribution < -0.4 is 5.73 Å². The van der Waals surface area contributed by atoms with E-state index >= 15 is 0 Å². The van der Waals surface area contributed by atoms with Crippen molar-refractivity contribution in [1.29, 1.82) is 0 Å². The second kappa shape index (κ2) is 4.00. The van der Waals surface area contributed by atoms with Crippen molar-refractivity contribution in [1.82, 2.24) is 9.55 Å². The second-order valence-electron chi connectivity index (χ2n) is 3.08. The summed E-state index contributed by atoms with van der Waals surface area (Å²) < 4.78 is 37.3. The molecule has 0 aromatic carbocycles. The van der Waals surface area contributed by atoms with Crippen LogP contribution in [0.2, 0.25) is 0 Å². The summed E-state index contributed by atoms with van der Waals surface area (Å²) in [6.07, 6.45) is -1.12. The molecule has 1 atom stereocenters. The predicted octanol–water partition coefficient (Wildman–Crippen LogP) is 1.86. The van der Waals surface area contributed by atoms with E-state index in [1.54, 1.807) is 0 Å². The van der Waals surface area contributed by atoms with Crippen molar-refractivity contribution in [2.24, 2.45) is 5.73 Å². The predicted molar refractivity (Wildman–Crippen MR) is 45.5 cm³/mol. The molecule has 2 N–H and O–H groups in total. The number of alkyl halides is 3. The summed E-state index contributed by atoms with van der Waals surface area (Å²) in [6.45, 7) is 0.783. The molecular weight excluding hydrogens is 195 g/mol. The van der Waals surface area contributed by atoms with Crippen LogP contribution in [0.1, 0.15) is 25.1 Å². The summed E-state index contributed by atoms with van der Waals surface area (Å²) in [4.78, 5) is 3.66. The highest BCUT2D eigenvalue weighted by Gasteiger charge is 2.29. The van der Waals surface area contributed by atoms with E-state index in [2.05, 4.69) is 4.98 Å². The highest BCUT2D eigenvalue weighted by molar-refractivity contribution is 5.04. The quantitative estimate of drug-likeness (QED) is 0.822. The Morgan fingerprint density at radius 2 is 2.21 bits per heavy atom. The average Bonchev–Trinajstić information content (AvgIpc) is 2.48. The Labute approximate surface area is 79.7 Å². The van der Waals surface area contributed by atoms with E-state index in [-0.39, 0.29) is 6.04 Å². The lowest BCUT2D eigenvalue weighted by atomic mass is 10.2. The summed E-state index contributed by atoms with van der Waals surface area (Å²) >= 11 is 0. The smallest absolute Gasteiger partial charge is 0.324 e. The Kier molecular flexibility index (Phi) is 3.15. The topological polar surface area (TPSA) is 43.8 Å². The summed E-state index contributed by atoms with van der Waals surface area (Å²) in [5.41, 5.74) is 6.05. The van der Waals surface area contributed by atoms with Crippen molar-refractivity contribution in [3.63, 3.8) is 0 Å². The average molecular weight is 207 g/mol. The summed E-state index contributed by atoms with van der Waals surface area (Å²) in [6, 6.07) is -0.389. The number of aromatic nitrogens is 2. The minimum absolute atomic E-state index is 0.389. The molecule has 1 aromatic heterocycles. The third kappa shape index (κ3) is 2.73. The zero-order valence-corrected chi connectivity index (χ0v) is 7.75. The fraction of sp³-hybridized carbons (Fsp3) is 0.625. The van der Waals surface area contributed by atoms with Crippen LogP contribution >= 0.6 is 0 Å². The molecule has 0 radical (unpaired) electrons. The highest BCUT2D eigenvalue weighted by atomic mass is 19.4. The molecule has 6 heteroatoms. The number of rotatable bonds is 3. The Balaban J connectivity index is 2.82. The molecule has 0 amide bonds. The monoisotopic (exact) mass is 207 g/mol. The third-order valence-corrected chi connectivity index (χ3v) is 1.91. The molecule has 1 rings (SSSR count). The summed E-state index contributed by atoms with van der Waals surface area (Å²) in [7, 11) is 0. The Morgan fingerprint density at radius 1 is 1.57 bits per heavy atom. The maximum Gasteiger partial charge on any atom is 0.406 e. The zero-order chi connectivity index (χ0) is 10.8. The maximum atomic E-state index is 12.1. The van der Waals surface area contributed by atoms with Crippen LogP contribution in [0.25, 0.3) is 0 Å². The molecule has 0 spiro atoms. The van der Waals surface area contributed by atoms with Gasteiger partial charge in [0.15, 0.2) is 0 Å².